The Balaban J connectivity index is -0.000000104. The first-order valence-corrected chi connectivity index (χ1v) is 35.2. The molecule has 6 atom stereocenters. The molecule has 0 aliphatic heterocycles. The molecule has 22 nitrogen and oxygen atoms in total. The van der Waals surface area contributed by atoms with E-state index in [1.54, 1.807) is 0 Å². The molecule has 0 aromatic rings. The molecule has 0 aromatic heterocycles. The fraction of sp³-hybridized carbons (Fsp3) is 1.00. The fourth-order valence-electron chi connectivity index (χ4n) is 8.08. The van der Waals surface area contributed by atoms with Crippen LogP contribution >= 0.6 is 0 Å². The highest BCUT2D eigenvalue weighted by atomic mass is 16.4. The second-order valence-corrected chi connectivity index (χ2v) is 30.9. The van der Waals surface area contributed by atoms with Gasteiger partial charge in [-0.1, -0.05) is 152 Å². The smallest absolute Gasteiger partial charge is 0.136 e. The molecule has 22 heteroatoms. The lowest BCUT2D eigenvalue weighted by atomic mass is 9.92. The summed E-state index contributed by atoms with van der Waals surface area (Å²) >= 11 is 0. The predicted molar refractivity (Wildman–Crippen MR) is 385 cm³/mol. The summed E-state index contributed by atoms with van der Waals surface area (Å²) in [4.78, 5) is 0. The van der Waals surface area contributed by atoms with Crippen molar-refractivity contribution in [3.63, 3.8) is 0 Å². The molecule has 0 radical (unpaired) electrons. The highest BCUT2D eigenvalue weighted by Crippen LogP contribution is 2.40. The maximum Gasteiger partial charge on any atom is 0.136 e. The van der Waals surface area contributed by atoms with Gasteiger partial charge < -0.3 is 113 Å². The minimum Gasteiger partial charge on any atom is -0.396 e. The van der Waals surface area contributed by atoms with Crippen molar-refractivity contribution in [2.75, 3.05) is 79.2 Å². The fourth-order valence-corrected chi connectivity index (χ4v) is 8.08. The number of hydrogen-bond donors (Lipinski definition) is 22. The molecule has 94 heavy (non-hydrogen) atoms. The second kappa shape index (κ2) is 70.6. The first kappa shape index (κ1) is 114. The van der Waals surface area contributed by atoms with E-state index < -0.39 is 60.5 Å². The number of rotatable bonds is 34. The van der Waals surface area contributed by atoms with Crippen LogP contribution < -0.4 is 5.73 Å². The molecular weight excluding hydrogens is 1210 g/mol. The Kier molecular flexibility index (Phi) is 85.8. The number of hydrogen-bond acceptors (Lipinski definition) is 22. The van der Waals surface area contributed by atoms with Gasteiger partial charge in [-0.25, -0.2) is 0 Å². The predicted octanol–water partition coefficient (Wildman–Crippen LogP) is 6.02. The SMILES string of the molecule is CC(C)C(CO)CO.CC(C)CC(C)(C)O.CC(C)CC(C)O.CC(C)CC(O)(CO)CO.CC(C)CC(O)C(CO)CO.CC(C)CC(O)C(O)(CO)CO.CC(C)CC(O)C(O)CO.CC(C)CC(O)CO.CC(C)CC1(O)CC1.CC(C)CCN.CC(C)CCO. The van der Waals surface area contributed by atoms with Crippen LogP contribution in [0.2, 0.25) is 0 Å². The van der Waals surface area contributed by atoms with Gasteiger partial charge >= 0.3 is 0 Å². The van der Waals surface area contributed by atoms with Gasteiger partial charge in [0, 0.05) is 31.7 Å². The first-order chi connectivity index (χ1) is 42.8. The van der Waals surface area contributed by atoms with Crippen molar-refractivity contribution in [2.45, 2.75) is 309 Å². The normalized spacial score (nSPS) is 14.6. The van der Waals surface area contributed by atoms with Crippen LogP contribution in [0.1, 0.15) is 250 Å². The van der Waals surface area contributed by atoms with E-state index in [0.29, 0.717) is 86.1 Å². The van der Waals surface area contributed by atoms with Gasteiger partial charge in [0.05, 0.1) is 94.6 Å². The maximum atomic E-state index is 9.40. The zero-order chi connectivity index (χ0) is 76.9. The molecule has 0 amide bonds. The topological polar surface area (TPSA) is 451 Å². The molecule has 0 bridgehead atoms. The van der Waals surface area contributed by atoms with Crippen LogP contribution in [0.5, 0.6) is 0 Å². The van der Waals surface area contributed by atoms with E-state index >= 15 is 0 Å². The van der Waals surface area contributed by atoms with Crippen molar-refractivity contribution in [1.29, 1.82) is 0 Å². The molecule has 1 fully saturated rings. The van der Waals surface area contributed by atoms with Gasteiger partial charge in [-0.15, -0.1) is 0 Å². The molecule has 1 saturated carbocycles. The van der Waals surface area contributed by atoms with Gasteiger partial charge in [0.1, 0.15) is 17.3 Å². The van der Waals surface area contributed by atoms with Crippen molar-refractivity contribution >= 4 is 0 Å². The average molecular weight is 1380 g/mol. The zero-order valence-corrected chi connectivity index (χ0v) is 64.9. The van der Waals surface area contributed by atoms with Crippen molar-refractivity contribution in [3.8, 4) is 0 Å². The summed E-state index contributed by atoms with van der Waals surface area (Å²) in [6.45, 7) is 48.8. The molecule has 0 aromatic carbocycles. The molecule has 0 spiro atoms. The van der Waals surface area contributed by atoms with E-state index in [2.05, 4.69) is 69.2 Å². The Morgan fingerprint density at radius 1 is 0.372 bits per heavy atom. The lowest BCUT2D eigenvalue weighted by Gasteiger charge is -2.29. The van der Waals surface area contributed by atoms with Gasteiger partial charge in [0.15, 0.2) is 0 Å². The summed E-state index contributed by atoms with van der Waals surface area (Å²) in [6.07, 6.45) is 5.51. The summed E-state index contributed by atoms with van der Waals surface area (Å²) in [5.74, 6) is 5.06. The minimum atomic E-state index is -1.76. The van der Waals surface area contributed by atoms with E-state index in [0.717, 1.165) is 57.4 Å². The largest absolute Gasteiger partial charge is 0.396 e. The van der Waals surface area contributed by atoms with E-state index in [4.69, 9.17) is 82.3 Å². The average Bonchev–Trinajstić information content (AvgIpc) is 1.68. The Morgan fingerprint density at radius 3 is 0.862 bits per heavy atom. The van der Waals surface area contributed by atoms with Gasteiger partial charge in [-0.3, -0.25) is 0 Å². The number of aliphatic hydroxyl groups excluding tert-OH is 17. The summed E-state index contributed by atoms with van der Waals surface area (Å²) in [6, 6.07) is 0. The molecule has 584 valence electrons. The van der Waals surface area contributed by atoms with Crippen LogP contribution in [0.25, 0.3) is 0 Å². The number of aliphatic hydroxyl groups is 21. The molecular formula is C72H165NO21. The summed E-state index contributed by atoms with van der Waals surface area (Å²) in [5, 5.41) is 185. The van der Waals surface area contributed by atoms with E-state index in [1.807, 2.05) is 104 Å². The van der Waals surface area contributed by atoms with Crippen molar-refractivity contribution < 1.29 is 107 Å². The number of nitrogens with two attached hydrogens (primary N) is 1. The lowest BCUT2D eigenvalue weighted by Crippen LogP contribution is -2.49. The van der Waals surface area contributed by atoms with Crippen LogP contribution in [0.15, 0.2) is 0 Å². The lowest BCUT2D eigenvalue weighted by molar-refractivity contribution is -0.135. The molecule has 0 heterocycles. The standard InChI is InChI=1S/C8H18O4.C8H18O3.2C7H16O3.C7H14O.C7H16O.2C6H14O2.C6H14O.C5H13N.C5H12O/c1-6(2)3-7(11)8(12,4-9)5-10;1-6(2)3-8(11)7(4-9)5-10;1-6(2)3-7(10,4-8)5-9;1-5(2)3-6(9)7(10)4-8;1-6(2)5-7(8)3-4-7;1-6(2)5-7(3,4)8;1-5(2)6(3-7)4-8;1-5(2)3-6(8)4-7;1-5(2)4-6(3)7;2*1-5(2)3-4-6/h6-7,9-12H,3-5H2,1-2H3;6-11H,3-5H2,1-2H3;6,8-10H,3-5H2,1-2H3;5-10H,3-4H2,1-2H3;6,8H,3-5H2,1-2H3;6,8H,5H2,1-4H3;2*5-8H,3-4H2,1-2H3;5-7H,4H2,1-3H3;5H,3-4,6H2,1-2H3;5-6H,3-4H2,1-2H3. The Hall–Kier alpha value is -0.880. The third-order valence-corrected chi connectivity index (χ3v) is 13.5. The Labute approximate surface area is 576 Å². The van der Waals surface area contributed by atoms with Gasteiger partial charge in [-0.05, 0) is 169 Å². The van der Waals surface area contributed by atoms with E-state index in [1.165, 1.54) is 0 Å². The Bertz CT molecular complexity index is 1400. The monoisotopic (exact) mass is 1380 g/mol. The third kappa shape index (κ3) is 97.5. The van der Waals surface area contributed by atoms with Crippen LogP contribution in [0, 0.1) is 76.9 Å². The van der Waals surface area contributed by atoms with Gasteiger partial charge in [0.2, 0.25) is 0 Å². The molecule has 1 aliphatic carbocycles. The first-order valence-electron chi connectivity index (χ1n) is 35.2. The summed E-state index contributed by atoms with van der Waals surface area (Å²) in [5.41, 5.74) is 1.48. The maximum absolute atomic E-state index is 9.40. The van der Waals surface area contributed by atoms with Crippen molar-refractivity contribution in [1.82, 2.24) is 0 Å². The van der Waals surface area contributed by atoms with Crippen molar-refractivity contribution in [3.05, 3.63) is 0 Å². The third-order valence-electron chi connectivity index (χ3n) is 13.5. The highest BCUT2D eigenvalue weighted by molar-refractivity contribution is 4.93. The van der Waals surface area contributed by atoms with Gasteiger partial charge in [-0.2, -0.15) is 0 Å². The summed E-state index contributed by atoms with van der Waals surface area (Å²) < 4.78 is 0. The molecule has 0 saturated heterocycles. The Morgan fingerprint density at radius 2 is 0.734 bits per heavy atom. The van der Waals surface area contributed by atoms with Gasteiger partial charge in [0.25, 0.3) is 0 Å². The van der Waals surface area contributed by atoms with Crippen LogP contribution in [-0.2, 0) is 0 Å². The zero-order valence-electron chi connectivity index (χ0n) is 64.9. The van der Waals surface area contributed by atoms with Crippen molar-refractivity contribution in [2.24, 2.45) is 82.7 Å². The molecule has 1 rings (SSSR count). The van der Waals surface area contributed by atoms with Crippen LogP contribution in [0.4, 0.5) is 0 Å². The van der Waals surface area contributed by atoms with E-state index in [9.17, 15) is 30.6 Å². The summed E-state index contributed by atoms with van der Waals surface area (Å²) in [7, 11) is 0. The molecule has 6 unspecified atom stereocenters. The van der Waals surface area contributed by atoms with Crippen LogP contribution in [0.3, 0.4) is 0 Å². The minimum absolute atomic E-state index is 0.0648. The molecule has 1 aliphatic rings. The second-order valence-electron chi connectivity index (χ2n) is 30.9. The highest BCUT2D eigenvalue weighted by Gasteiger charge is 2.40. The van der Waals surface area contributed by atoms with Crippen LogP contribution in [-0.4, -0.2) is 245 Å². The molecule has 23 N–H and O–H groups in total. The quantitative estimate of drug-likeness (QED) is 0.0350. The van der Waals surface area contributed by atoms with E-state index in [-0.39, 0.29) is 88.2 Å².